The SMILES string of the molecule is CCOC(=O)C(CC)C(=O)C1C(CC)N(C(C)=O)C(=O)N1C(C)=O. The third-order valence-electron chi connectivity index (χ3n) is 4.10. The monoisotopic (exact) mass is 340 g/mol. The lowest BCUT2D eigenvalue weighted by atomic mass is 9.90. The summed E-state index contributed by atoms with van der Waals surface area (Å²) in [6.45, 7) is 7.47. The first kappa shape index (κ1) is 19.8. The molecule has 0 radical (unpaired) electrons. The van der Waals surface area contributed by atoms with Crippen LogP contribution in [0, 0.1) is 5.92 Å². The van der Waals surface area contributed by atoms with Gasteiger partial charge in [-0.1, -0.05) is 13.8 Å². The molecular formula is C16H24N2O6. The van der Waals surface area contributed by atoms with Crippen LogP contribution in [0.15, 0.2) is 0 Å². The zero-order chi connectivity index (χ0) is 18.6. The highest BCUT2D eigenvalue weighted by Crippen LogP contribution is 2.29. The summed E-state index contributed by atoms with van der Waals surface area (Å²) in [6, 6.07) is -2.77. The van der Waals surface area contributed by atoms with E-state index in [-0.39, 0.29) is 13.0 Å². The van der Waals surface area contributed by atoms with Gasteiger partial charge in [0.15, 0.2) is 5.78 Å². The average Bonchev–Trinajstić information content (AvgIpc) is 2.80. The molecule has 0 bridgehead atoms. The molecule has 0 spiro atoms. The second kappa shape index (κ2) is 8.03. The number of esters is 1. The average molecular weight is 340 g/mol. The van der Waals surface area contributed by atoms with E-state index >= 15 is 0 Å². The molecule has 0 saturated carbocycles. The molecule has 8 nitrogen and oxygen atoms in total. The molecule has 24 heavy (non-hydrogen) atoms. The van der Waals surface area contributed by atoms with Gasteiger partial charge in [0.1, 0.15) is 12.0 Å². The van der Waals surface area contributed by atoms with Crippen LogP contribution in [0.1, 0.15) is 47.5 Å². The van der Waals surface area contributed by atoms with Crippen molar-refractivity contribution in [3.63, 3.8) is 0 Å². The van der Waals surface area contributed by atoms with E-state index in [1.807, 2.05) is 0 Å². The van der Waals surface area contributed by atoms with Gasteiger partial charge in [-0.25, -0.2) is 4.79 Å². The van der Waals surface area contributed by atoms with Gasteiger partial charge in [-0.15, -0.1) is 0 Å². The molecule has 3 unspecified atom stereocenters. The molecule has 0 aromatic heterocycles. The van der Waals surface area contributed by atoms with Gasteiger partial charge in [-0.2, -0.15) is 0 Å². The van der Waals surface area contributed by atoms with Crippen molar-refractivity contribution in [2.45, 2.75) is 59.5 Å². The van der Waals surface area contributed by atoms with E-state index in [1.54, 1.807) is 20.8 Å². The Kier molecular flexibility index (Phi) is 6.62. The van der Waals surface area contributed by atoms with Crippen LogP contribution in [0.25, 0.3) is 0 Å². The van der Waals surface area contributed by atoms with E-state index < -0.39 is 47.6 Å². The van der Waals surface area contributed by atoms with Crippen molar-refractivity contribution in [1.82, 2.24) is 9.80 Å². The maximum absolute atomic E-state index is 12.9. The number of amides is 4. The maximum Gasteiger partial charge on any atom is 0.334 e. The topological polar surface area (TPSA) is 101 Å². The molecule has 1 aliphatic heterocycles. The van der Waals surface area contributed by atoms with Gasteiger partial charge in [-0.3, -0.25) is 29.0 Å². The van der Waals surface area contributed by atoms with Crippen molar-refractivity contribution < 1.29 is 28.7 Å². The second-order valence-electron chi connectivity index (χ2n) is 5.60. The lowest BCUT2D eigenvalue weighted by Crippen LogP contribution is -2.49. The largest absolute Gasteiger partial charge is 0.465 e. The number of ketones is 1. The van der Waals surface area contributed by atoms with Crippen LogP contribution >= 0.6 is 0 Å². The van der Waals surface area contributed by atoms with Crippen LogP contribution < -0.4 is 0 Å². The maximum atomic E-state index is 12.9. The van der Waals surface area contributed by atoms with Gasteiger partial charge in [-0.05, 0) is 19.8 Å². The number of hydrogen-bond acceptors (Lipinski definition) is 6. The fourth-order valence-electron chi connectivity index (χ4n) is 3.04. The number of hydrogen-bond donors (Lipinski definition) is 0. The molecule has 1 aliphatic rings. The van der Waals surface area contributed by atoms with Crippen LogP contribution in [-0.4, -0.2) is 58.1 Å². The van der Waals surface area contributed by atoms with Crippen molar-refractivity contribution >= 4 is 29.6 Å². The highest BCUT2D eigenvalue weighted by atomic mass is 16.5. The molecule has 1 fully saturated rings. The van der Waals surface area contributed by atoms with Gasteiger partial charge < -0.3 is 4.74 Å². The predicted octanol–water partition coefficient (Wildman–Crippen LogP) is 1.12. The molecule has 1 saturated heterocycles. The Labute approximate surface area is 141 Å². The first-order chi connectivity index (χ1) is 11.2. The Morgan fingerprint density at radius 3 is 1.96 bits per heavy atom. The molecule has 0 N–H and O–H groups in total. The second-order valence-corrected chi connectivity index (χ2v) is 5.60. The summed E-state index contributed by atoms with van der Waals surface area (Å²) in [5.74, 6) is -3.52. The molecule has 134 valence electrons. The van der Waals surface area contributed by atoms with E-state index in [4.69, 9.17) is 4.74 Å². The van der Waals surface area contributed by atoms with Crippen LogP contribution in [0.2, 0.25) is 0 Å². The van der Waals surface area contributed by atoms with Gasteiger partial charge in [0.05, 0.1) is 12.6 Å². The van der Waals surface area contributed by atoms with E-state index in [0.717, 1.165) is 16.7 Å². The highest BCUT2D eigenvalue weighted by Gasteiger charge is 2.53. The summed E-state index contributed by atoms with van der Waals surface area (Å²) >= 11 is 0. The third-order valence-corrected chi connectivity index (χ3v) is 4.10. The number of urea groups is 1. The normalized spacial score (nSPS) is 21.6. The minimum Gasteiger partial charge on any atom is -0.465 e. The molecule has 3 atom stereocenters. The zero-order valence-corrected chi connectivity index (χ0v) is 14.7. The van der Waals surface area contributed by atoms with Crippen molar-refractivity contribution in [3.05, 3.63) is 0 Å². The van der Waals surface area contributed by atoms with Gasteiger partial charge >= 0.3 is 12.0 Å². The molecule has 0 aromatic rings. The Bertz CT molecular complexity index is 559. The predicted molar refractivity (Wildman–Crippen MR) is 83.7 cm³/mol. The molecule has 1 heterocycles. The quantitative estimate of drug-likeness (QED) is 0.530. The van der Waals surface area contributed by atoms with Gasteiger partial charge in [0.25, 0.3) is 0 Å². The highest BCUT2D eigenvalue weighted by molar-refractivity contribution is 6.11. The molecular weight excluding hydrogens is 316 g/mol. The summed E-state index contributed by atoms with van der Waals surface area (Å²) in [5.41, 5.74) is 0. The lowest BCUT2D eigenvalue weighted by Gasteiger charge is -2.26. The van der Waals surface area contributed by atoms with Crippen molar-refractivity contribution in [1.29, 1.82) is 0 Å². The van der Waals surface area contributed by atoms with Crippen molar-refractivity contribution in [2.24, 2.45) is 5.92 Å². The molecule has 1 rings (SSSR count). The standard InChI is InChI=1S/C16H24N2O6/c1-6-11(15(22)24-8-3)14(21)13-12(7-2)17(9(4)19)16(23)18(13)10(5)20/h11-13H,6-8H2,1-5H3. The van der Waals surface area contributed by atoms with Gasteiger partial charge in [0, 0.05) is 13.8 Å². The Morgan fingerprint density at radius 2 is 1.58 bits per heavy atom. The summed E-state index contributed by atoms with van der Waals surface area (Å²) in [4.78, 5) is 62.8. The Morgan fingerprint density at radius 1 is 1.04 bits per heavy atom. The number of carbonyl (C=O) groups excluding carboxylic acids is 5. The Hall–Kier alpha value is -2.25. The van der Waals surface area contributed by atoms with E-state index in [9.17, 15) is 24.0 Å². The summed E-state index contributed by atoms with van der Waals surface area (Å²) in [6.07, 6.45) is 0.482. The van der Waals surface area contributed by atoms with Crippen LogP contribution in [0.3, 0.4) is 0 Å². The van der Waals surface area contributed by atoms with Crippen LogP contribution in [-0.2, 0) is 23.9 Å². The first-order valence-corrected chi connectivity index (χ1v) is 8.06. The number of nitrogens with zero attached hydrogens (tertiary/aromatic N) is 2. The zero-order valence-electron chi connectivity index (χ0n) is 14.7. The number of imide groups is 2. The lowest BCUT2D eigenvalue weighted by molar-refractivity contribution is -0.154. The molecule has 4 amide bonds. The molecule has 0 aromatic carbocycles. The Balaban J connectivity index is 3.31. The first-order valence-electron chi connectivity index (χ1n) is 8.06. The minimum atomic E-state index is -1.17. The van der Waals surface area contributed by atoms with Gasteiger partial charge in [0.2, 0.25) is 11.8 Å². The summed E-state index contributed by atoms with van der Waals surface area (Å²) in [7, 11) is 0. The van der Waals surface area contributed by atoms with E-state index in [1.165, 1.54) is 6.92 Å². The van der Waals surface area contributed by atoms with Crippen LogP contribution in [0.5, 0.6) is 0 Å². The third kappa shape index (κ3) is 3.47. The number of rotatable bonds is 6. The molecule has 8 heteroatoms. The smallest absolute Gasteiger partial charge is 0.334 e. The van der Waals surface area contributed by atoms with Crippen molar-refractivity contribution in [3.8, 4) is 0 Å². The minimum absolute atomic E-state index is 0.124. The number of ether oxygens (including phenoxy) is 1. The fourth-order valence-corrected chi connectivity index (χ4v) is 3.04. The molecule has 0 aliphatic carbocycles. The number of Topliss-reactive ketones (excluding diaryl/α,β-unsaturated/α-hetero) is 1. The van der Waals surface area contributed by atoms with Crippen LogP contribution in [0.4, 0.5) is 4.79 Å². The summed E-state index contributed by atoms with van der Waals surface area (Å²) < 4.78 is 4.91. The van der Waals surface area contributed by atoms with Crippen molar-refractivity contribution in [2.75, 3.05) is 6.61 Å². The summed E-state index contributed by atoms with van der Waals surface area (Å²) in [5, 5.41) is 0. The van der Waals surface area contributed by atoms with E-state index in [2.05, 4.69) is 0 Å². The van der Waals surface area contributed by atoms with E-state index in [0.29, 0.717) is 6.42 Å². The number of carbonyl (C=O) groups is 5. The fraction of sp³-hybridized carbons (Fsp3) is 0.688.